The summed E-state index contributed by atoms with van der Waals surface area (Å²) in [6.45, 7) is 0.185. The van der Waals surface area contributed by atoms with Crippen molar-refractivity contribution in [2.24, 2.45) is 0 Å². The van der Waals surface area contributed by atoms with Gasteiger partial charge in [-0.1, -0.05) is 5.92 Å². The van der Waals surface area contributed by atoms with Crippen LogP contribution in [0.15, 0.2) is 0 Å². The fourth-order valence-corrected chi connectivity index (χ4v) is 0.717. The average molecular weight is 286 g/mol. The fraction of sp³-hybridized carbons (Fsp3) is 0.571. The van der Waals surface area contributed by atoms with E-state index < -0.39 is 0 Å². The number of rotatable bonds is 4. The molecule has 0 N–H and O–H groups in total. The van der Waals surface area contributed by atoms with Crippen LogP contribution in [0.5, 0.6) is 0 Å². The summed E-state index contributed by atoms with van der Waals surface area (Å²) in [6.07, 6.45) is 1.05. The zero-order valence-corrected chi connectivity index (χ0v) is 8.81. The highest BCUT2D eigenvalue weighted by Crippen LogP contribution is 1.94. The van der Waals surface area contributed by atoms with E-state index in [0.717, 1.165) is 0 Å². The van der Waals surface area contributed by atoms with Crippen molar-refractivity contribution in [1.29, 1.82) is 0 Å². The van der Waals surface area contributed by atoms with Crippen LogP contribution in [-0.4, -0.2) is 18.5 Å². The Balaban J connectivity index is 3.27. The molecular weight excluding hydrogens is 278 g/mol. The number of ether oxygens (including phenoxy) is 1. The van der Waals surface area contributed by atoms with E-state index in [4.69, 9.17) is 16.3 Å². The van der Waals surface area contributed by atoms with Crippen LogP contribution in [0.4, 0.5) is 0 Å². The van der Waals surface area contributed by atoms with Gasteiger partial charge in [0.2, 0.25) is 0 Å². The number of alkyl halides is 1. The molecule has 0 aromatic carbocycles. The van der Waals surface area contributed by atoms with Gasteiger partial charge in [-0.05, 0) is 10.3 Å². The molecule has 0 heterocycles. The van der Waals surface area contributed by atoms with Crippen LogP contribution >= 0.6 is 34.2 Å². The first kappa shape index (κ1) is 11.1. The van der Waals surface area contributed by atoms with Gasteiger partial charge in [0, 0.05) is 34.9 Å². The second kappa shape index (κ2) is 8.15. The molecule has 0 aromatic rings. The van der Waals surface area contributed by atoms with Gasteiger partial charge in [-0.25, -0.2) is 0 Å². The predicted octanol–water partition coefficient (Wildman–Crippen LogP) is 1.94. The molecule has 4 heteroatoms. The van der Waals surface area contributed by atoms with Gasteiger partial charge in [0.05, 0.1) is 0 Å². The highest BCUT2D eigenvalue weighted by Gasteiger charge is 1.99. The van der Waals surface area contributed by atoms with Gasteiger partial charge in [-0.3, -0.25) is 4.79 Å². The van der Waals surface area contributed by atoms with Crippen LogP contribution < -0.4 is 0 Å². The quantitative estimate of drug-likeness (QED) is 0.342. The lowest BCUT2D eigenvalue weighted by atomic mass is 10.3. The normalized spacial score (nSPS) is 8.18. The van der Waals surface area contributed by atoms with Gasteiger partial charge in [-0.2, -0.15) is 0 Å². The number of carbonyl (C=O) groups is 1. The number of esters is 1. The summed E-state index contributed by atoms with van der Waals surface area (Å²) in [6, 6.07) is 0. The van der Waals surface area contributed by atoms with E-state index in [1.54, 1.807) is 0 Å². The Morgan fingerprint density at radius 3 is 2.91 bits per heavy atom. The smallest absolute Gasteiger partial charge is 0.306 e. The summed E-state index contributed by atoms with van der Waals surface area (Å²) in [5.41, 5.74) is 0. The van der Waals surface area contributed by atoms with E-state index in [0.29, 0.717) is 18.7 Å². The Morgan fingerprint density at radius 1 is 1.64 bits per heavy atom. The molecule has 0 spiro atoms. The Bertz CT molecular complexity index is 171. The standard InChI is InChI=1S/C7H8ClIO2/c8-4-1-3-7(10)11-6-2-5-9/h1,3-4,6H2. The summed E-state index contributed by atoms with van der Waals surface area (Å²) < 4.78 is 7.30. The van der Waals surface area contributed by atoms with Crippen LogP contribution in [0.1, 0.15) is 12.8 Å². The van der Waals surface area contributed by atoms with E-state index in [9.17, 15) is 4.79 Å². The second-order valence-electron chi connectivity index (χ2n) is 1.72. The Morgan fingerprint density at radius 2 is 2.36 bits per heavy atom. The number of hydrogen-bond acceptors (Lipinski definition) is 2. The van der Waals surface area contributed by atoms with Gasteiger partial charge in [0.15, 0.2) is 6.61 Å². The van der Waals surface area contributed by atoms with Crippen LogP contribution in [0, 0.1) is 9.85 Å². The maximum absolute atomic E-state index is 10.7. The summed E-state index contributed by atoms with van der Waals surface area (Å²) in [7, 11) is 0. The first-order chi connectivity index (χ1) is 5.31. The highest BCUT2D eigenvalue weighted by molar-refractivity contribution is 14.1. The van der Waals surface area contributed by atoms with E-state index in [-0.39, 0.29) is 12.6 Å². The van der Waals surface area contributed by atoms with Gasteiger partial charge in [-0.15, -0.1) is 11.6 Å². The van der Waals surface area contributed by atoms with Gasteiger partial charge in [0.25, 0.3) is 0 Å². The molecule has 0 aromatic heterocycles. The van der Waals surface area contributed by atoms with Crippen molar-refractivity contribution in [2.45, 2.75) is 12.8 Å². The van der Waals surface area contributed by atoms with E-state index in [1.165, 1.54) is 0 Å². The molecule has 0 unspecified atom stereocenters. The molecule has 0 rings (SSSR count). The second-order valence-corrected chi connectivity index (χ2v) is 2.64. The van der Waals surface area contributed by atoms with Crippen LogP contribution in [0.25, 0.3) is 0 Å². The Kier molecular flexibility index (Phi) is 8.19. The molecule has 0 saturated heterocycles. The number of carbonyl (C=O) groups excluding carboxylic acids is 1. The van der Waals surface area contributed by atoms with Gasteiger partial charge < -0.3 is 4.74 Å². The van der Waals surface area contributed by atoms with Crippen molar-refractivity contribution in [3.05, 3.63) is 0 Å². The minimum atomic E-state index is -0.232. The molecule has 0 aliphatic carbocycles. The van der Waals surface area contributed by atoms with Crippen molar-refractivity contribution >= 4 is 40.2 Å². The molecule has 0 aliphatic heterocycles. The van der Waals surface area contributed by atoms with E-state index >= 15 is 0 Å². The van der Waals surface area contributed by atoms with Crippen LogP contribution in [0.2, 0.25) is 0 Å². The van der Waals surface area contributed by atoms with Crippen molar-refractivity contribution in [3.8, 4) is 9.85 Å². The molecule has 0 fully saturated rings. The van der Waals surface area contributed by atoms with Crippen molar-refractivity contribution in [2.75, 3.05) is 12.5 Å². The molecule has 0 saturated carbocycles. The molecular formula is C7H8ClIO2. The third-order valence-electron chi connectivity index (χ3n) is 0.887. The highest BCUT2D eigenvalue weighted by atomic mass is 127. The first-order valence-electron chi connectivity index (χ1n) is 3.11. The van der Waals surface area contributed by atoms with Crippen LogP contribution in [-0.2, 0) is 9.53 Å². The SMILES string of the molecule is O=C(CCCCl)OCC#CI. The molecule has 0 radical (unpaired) electrons. The zero-order valence-electron chi connectivity index (χ0n) is 5.90. The summed E-state index contributed by atoms with van der Waals surface area (Å²) in [4.78, 5) is 10.7. The predicted molar refractivity (Wildman–Crippen MR) is 52.7 cm³/mol. The lowest BCUT2D eigenvalue weighted by Crippen LogP contribution is -2.04. The molecule has 0 atom stereocenters. The van der Waals surface area contributed by atoms with Crippen molar-refractivity contribution in [3.63, 3.8) is 0 Å². The monoisotopic (exact) mass is 286 g/mol. The molecule has 62 valence electrons. The molecule has 11 heavy (non-hydrogen) atoms. The molecule has 0 bridgehead atoms. The maximum Gasteiger partial charge on any atom is 0.306 e. The third kappa shape index (κ3) is 7.95. The molecule has 0 amide bonds. The number of hydrogen-bond donors (Lipinski definition) is 0. The fourth-order valence-electron chi connectivity index (χ4n) is 0.427. The van der Waals surface area contributed by atoms with E-state index in [2.05, 4.69) is 9.85 Å². The van der Waals surface area contributed by atoms with Gasteiger partial charge in [0.1, 0.15) is 0 Å². The van der Waals surface area contributed by atoms with Crippen molar-refractivity contribution < 1.29 is 9.53 Å². The van der Waals surface area contributed by atoms with Crippen molar-refractivity contribution in [1.82, 2.24) is 0 Å². The Hall–Kier alpha value is 0.0500. The zero-order chi connectivity index (χ0) is 8.53. The minimum Gasteiger partial charge on any atom is -0.452 e. The van der Waals surface area contributed by atoms with Gasteiger partial charge >= 0.3 is 5.97 Å². The lowest BCUT2D eigenvalue weighted by molar-refractivity contribution is -0.142. The lowest BCUT2D eigenvalue weighted by Gasteiger charge is -1.97. The Labute approximate surface area is 84.8 Å². The summed E-state index contributed by atoms with van der Waals surface area (Å²) >= 11 is 7.26. The largest absolute Gasteiger partial charge is 0.452 e. The molecule has 2 nitrogen and oxygen atoms in total. The van der Waals surface area contributed by atoms with E-state index in [1.807, 2.05) is 22.6 Å². The third-order valence-corrected chi connectivity index (χ3v) is 1.54. The minimum absolute atomic E-state index is 0.185. The first-order valence-corrected chi connectivity index (χ1v) is 4.72. The summed E-state index contributed by atoms with van der Waals surface area (Å²) in [5.74, 6) is 2.88. The summed E-state index contributed by atoms with van der Waals surface area (Å²) in [5, 5.41) is 0. The molecule has 0 aliphatic rings. The average Bonchev–Trinajstić information content (AvgIpc) is 2.01. The topological polar surface area (TPSA) is 26.3 Å². The van der Waals surface area contributed by atoms with Crippen LogP contribution in [0.3, 0.4) is 0 Å². The number of halogens is 2. The maximum atomic E-state index is 10.7.